The van der Waals surface area contributed by atoms with E-state index in [4.69, 9.17) is 0 Å². The molecule has 2 rings (SSSR count). The van der Waals surface area contributed by atoms with Crippen LogP contribution in [0.4, 0.5) is 0 Å². The van der Waals surface area contributed by atoms with Gasteiger partial charge in [0.2, 0.25) is 0 Å². The van der Waals surface area contributed by atoms with Crippen molar-refractivity contribution >= 4 is 31.4 Å². The highest BCUT2D eigenvalue weighted by atomic mass is 32.2. The lowest BCUT2D eigenvalue weighted by Gasteiger charge is -2.15. The minimum atomic E-state index is -2.98. The summed E-state index contributed by atoms with van der Waals surface area (Å²) in [6, 6.07) is 7.90. The highest BCUT2D eigenvalue weighted by molar-refractivity contribution is 7.90. The Labute approximate surface area is 117 Å². The molecule has 4 nitrogen and oxygen atoms in total. The molecule has 0 radical (unpaired) electrons. The average molecular weight is 298 g/mol. The number of benzene rings is 1. The van der Waals surface area contributed by atoms with E-state index in [1.54, 1.807) is 11.3 Å². The fourth-order valence-corrected chi connectivity index (χ4v) is 4.08. The zero-order valence-electron chi connectivity index (χ0n) is 11.1. The van der Waals surface area contributed by atoms with E-state index in [0.29, 0.717) is 6.42 Å². The van der Waals surface area contributed by atoms with E-state index in [2.05, 4.69) is 10.3 Å². The first-order valence-electron chi connectivity index (χ1n) is 6.23. The van der Waals surface area contributed by atoms with Crippen molar-refractivity contribution in [3.63, 3.8) is 0 Å². The monoisotopic (exact) mass is 298 g/mol. The van der Waals surface area contributed by atoms with Crippen molar-refractivity contribution in [2.24, 2.45) is 0 Å². The Morgan fingerprint density at radius 2 is 2.11 bits per heavy atom. The number of hydrogen-bond acceptors (Lipinski definition) is 5. The lowest BCUT2D eigenvalue weighted by molar-refractivity contribution is 0.544. The number of fused-ring (bicyclic) bond motifs is 1. The average Bonchev–Trinajstić information content (AvgIpc) is 2.69. The van der Waals surface area contributed by atoms with Crippen LogP contribution in [0.15, 0.2) is 24.3 Å². The minimum absolute atomic E-state index is 0.0689. The van der Waals surface area contributed by atoms with Gasteiger partial charge in [-0.2, -0.15) is 0 Å². The van der Waals surface area contributed by atoms with Gasteiger partial charge in [0, 0.05) is 18.7 Å². The molecule has 0 amide bonds. The maximum Gasteiger partial charge on any atom is 0.148 e. The van der Waals surface area contributed by atoms with Crippen LogP contribution in [0.25, 0.3) is 10.2 Å². The molecule has 0 bridgehead atoms. The zero-order chi connectivity index (χ0) is 13.9. The van der Waals surface area contributed by atoms with Gasteiger partial charge in [0.1, 0.15) is 9.84 Å². The van der Waals surface area contributed by atoms with Crippen LogP contribution < -0.4 is 5.32 Å². The molecule has 1 aromatic carbocycles. The van der Waals surface area contributed by atoms with E-state index in [9.17, 15) is 8.42 Å². The van der Waals surface area contributed by atoms with Crippen LogP contribution in [-0.4, -0.2) is 38.0 Å². The molecule has 104 valence electrons. The highest BCUT2D eigenvalue weighted by Crippen LogP contribution is 2.22. The molecule has 0 aliphatic rings. The Balaban J connectivity index is 2.16. The summed E-state index contributed by atoms with van der Waals surface area (Å²) in [5, 5.41) is 4.20. The fourth-order valence-electron chi connectivity index (χ4n) is 2.06. The van der Waals surface area contributed by atoms with E-state index in [0.717, 1.165) is 21.8 Å². The van der Waals surface area contributed by atoms with E-state index >= 15 is 0 Å². The maximum atomic E-state index is 11.4. The second-order valence-corrected chi connectivity index (χ2v) is 7.93. The summed E-state index contributed by atoms with van der Waals surface area (Å²) in [5.74, 6) is 0.150. The molecule has 0 aliphatic carbocycles. The number of sulfone groups is 1. The molecule has 6 heteroatoms. The molecule has 19 heavy (non-hydrogen) atoms. The largest absolute Gasteiger partial charge is 0.313 e. The summed E-state index contributed by atoms with van der Waals surface area (Å²) in [6.07, 6.45) is 1.93. The SMILES string of the molecule is CCNC(Cc1nc2ccccc2s1)CS(C)(=O)=O. The topological polar surface area (TPSA) is 59.1 Å². The fraction of sp³-hybridized carbons (Fsp3) is 0.462. The number of hydrogen-bond donors (Lipinski definition) is 1. The third kappa shape index (κ3) is 4.26. The van der Waals surface area contributed by atoms with Crippen LogP contribution in [0.2, 0.25) is 0 Å². The van der Waals surface area contributed by atoms with E-state index in [1.165, 1.54) is 6.26 Å². The van der Waals surface area contributed by atoms with Gasteiger partial charge in [0.05, 0.1) is 21.0 Å². The summed E-state index contributed by atoms with van der Waals surface area (Å²) >= 11 is 1.63. The Morgan fingerprint density at radius 3 is 2.74 bits per heavy atom. The summed E-state index contributed by atoms with van der Waals surface area (Å²) in [4.78, 5) is 4.55. The third-order valence-electron chi connectivity index (χ3n) is 2.76. The number of nitrogens with zero attached hydrogens (tertiary/aromatic N) is 1. The second-order valence-electron chi connectivity index (χ2n) is 4.63. The van der Waals surface area contributed by atoms with Crippen molar-refractivity contribution in [1.29, 1.82) is 0 Å². The van der Waals surface area contributed by atoms with Gasteiger partial charge in [-0.1, -0.05) is 19.1 Å². The van der Waals surface area contributed by atoms with Gasteiger partial charge < -0.3 is 5.32 Å². The molecule has 0 spiro atoms. The van der Waals surface area contributed by atoms with Gasteiger partial charge >= 0.3 is 0 Å². The second kappa shape index (κ2) is 5.98. The van der Waals surface area contributed by atoms with Crippen LogP contribution in [-0.2, 0) is 16.3 Å². The molecule has 0 aliphatic heterocycles. The molecule has 0 fully saturated rings. The van der Waals surface area contributed by atoms with Gasteiger partial charge in [-0.05, 0) is 18.7 Å². The van der Waals surface area contributed by atoms with Crippen molar-refractivity contribution in [3.8, 4) is 0 Å². The number of likely N-dealkylation sites (N-methyl/N-ethyl adjacent to an activating group) is 1. The number of para-hydroxylation sites is 1. The third-order valence-corrected chi connectivity index (χ3v) is 4.82. The Hall–Kier alpha value is -0.980. The lowest BCUT2D eigenvalue weighted by atomic mass is 10.2. The summed E-state index contributed by atoms with van der Waals surface area (Å²) in [6.45, 7) is 2.73. The minimum Gasteiger partial charge on any atom is -0.313 e. The number of nitrogens with one attached hydrogen (secondary N) is 1. The molecule has 1 unspecified atom stereocenters. The molecule has 0 saturated carbocycles. The first kappa shape index (κ1) is 14.4. The Bertz CT molecular complexity index is 616. The lowest BCUT2D eigenvalue weighted by Crippen LogP contribution is -2.37. The zero-order valence-corrected chi connectivity index (χ0v) is 12.7. The van der Waals surface area contributed by atoms with Crippen LogP contribution in [0, 0.1) is 0 Å². The Kier molecular flexibility index (Phi) is 4.54. The van der Waals surface area contributed by atoms with E-state index in [1.807, 2.05) is 31.2 Å². The van der Waals surface area contributed by atoms with Crippen molar-refractivity contribution in [2.45, 2.75) is 19.4 Å². The highest BCUT2D eigenvalue weighted by Gasteiger charge is 2.17. The summed E-state index contributed by atoms with van der Waals surface area (Å²) < 4.78 is 24.0. The number of aromatic nitrogens is 1. The molecule has 2 aromatic rings. The van der Waals surface area contributed by atoms with Crippen molar-refractivity contribution in [3.05, 3.63) is 29.3 Å². The van der Waals surface area contributed by atoms with Crippen LogP contribution in [0.5, 0.6) is 0 Å². The first-order chi connectivity index (χ1) is 8.98. The van der Waals surface area contributed by atoms with Gasteiger partial charge in [-0.25, -0.2) is 13.4 Å². The molecule has 1 aromatic heterocycles. The van der Waals surface area contributed by atoms with Crippen molar-refractivity contribution in [2.75, 3.05) is 18.6 Å². The quantitative estimate of drug-likeness (QED) is 0.884. The predicted octanol–water partition coefficient (Wildman–Crippen LogP) is 1.86. The molecular weight excluding hydrogens is 280 g/mol. The van der Waals surface area contributed by atoms with Crippen molar-refractivity contribution in [1.82, 2.24) is 10.3 Å². The van der Waals surface area contributed by atoms with Gasteiger partial charge in [-0.15, -0.1) is 11.3 Å². The van der Waals surface area contributed by atoms with Gasteiger partial charge in [0.25, 0.3) is 0 Å². The molecule has 1 atom stereocenters. The van der Waals surface area contributed by atoms with Gasteiger partial charge in [-0.3, -0.25) is 0 Å². The van der Waals surface area contributed by atoms with Crippen LogP contribution in [0.3, 0.4) is 0 Å². The molecule has 1 N–H and O–H groups in total. The van der Waals surface area contributed by atoms with Gasteiger partial charge in [0.15, 0.2) is 0 Å². The normalized spacial score (nSPS) is 13.8. The molecule has 0 saturated heterocycles. The number of thiazole rings is 1. The summed E-state index contributed by atoms with van der Waals surface area (Å²) in [5.41, 5.74) is 0.983. The number of rotatable bonds is 6. The van der Waals surface area contributed by atoms with Crippen LogP contribution >= 0.6 is 11.3 Å². The predicted molar refractivity (Wildman–Crippen MR) is 80.5 cm³/mol. The summed E-state index contributed by atoms with van der Waals surface area (Å²) in [7, 11) is -2.98. The van der Waals surface area contributed by atoms with Crippen molar-refractivity contribution < 1.29 is 8.42 Å². The smallest absolute Gasteiger partial charge is 0.148 e. The van der Waals surface area contributed by atoms with Crippen LogP contribution in [0.1, 0.15) is 11.9 Å². The maximum absolute atomic E-state index is 11.4. The molecular formula is C13H18N2O2S2. The van der Waals surface area contributed by atoms with E-state index in [-0.39, 0.29) is 11.8 Å². The van der Waals surface area contributed by atoms with E-state index < -0.39 is 9.84 Å². The first-order valence-corrected chi connectivity index (χ1v) is 9.11. The standard InChI is InChI=1S/C13H18N2O2S2/c1-3-14-10(9-19(2,16)17)8-13-15-11-6-4-5-7-12(11)18-13/h4-7,10,14H,3,8-9H2,1-2H3. The molecule has 1 heterocycles. The Morgan fingerprint density at radius 1 is 1.37 bits per heavy atom.